The van der Waals surface area contributed by atoms with E-state index in [-0.39, 0.29) is 6.04 Å². The van der Waals surface area contributed by atoms with Crippen molar-refractivity contribution >= 4 is 22.4 Å². The first-order chi connectivity index (χ1) is 13.6. The molecule has 0 aliphatic carbocycles. The van der Waals surface area contributed by atoms with Gasteiger partial charge in [-0.1, -0.05) is 11.2 Å². The average Bonchev–Trinajstić information content (AvgIpc) is 3.43. The van der Waals surface area contributed by atoms with E-state index in [9.17, 15) is 0 Å². The number of pyridine rings is 1. The van der Waals surface area contributed by atoms with Crippen molar-refractivity contribution in [2.75, 3.05) is 26.7 Å². The Hall–Kier alpha value is -2.62. The van der Waals surface area contributed by atoms with Gasteiger partial charge in [0.15, 0.2) is 11.5 Å². The van der Waals surface area contributed by atoms with Gasteiger partial charge in [0.05, 0.1) is 33.3 Å². The quantitative estimate of drug-likeness (QED) is 0.571. The third-order valence-electron chi connectivity index (χ3n) is 5.22. The third kappa shape index (κ3) is 2.83. The van der Waals surface area contributed by atoms with Crippen molar-refractivity contribution < 1.29 is 4.52 Å². The first kappa shape index (κ1) is 17.5. The lowest BCUT2D eigenvalue weighted by molar-refractivity contribution is 0.190. The predicted octanol–water partition coefficient (Wildman–Crippen LogP) is 2.63. The molecule has 0 spiro atoms. The maximum atomic E-state index is 5.72. The van der Waals surface area contributed by atoms with Crippen LogP contribution in [0.3, 0.4) is 0 Å². The summed E-state index contributed by atoms with van der Waals surface area (Å²) in [7, 11) is 4.00. The summed E-state index contributed by atoms with van der Waals surface area (Å²) in [5.74, 6) is 1.21. The summed E-state index contributed by atoms with van der Waals surface area (Å²) in [6, 6.07) is 6.23. The molecule has 5 rings (SSSR count). The van der Waals surface area contributed by atoms with Gasteiger partial charge in [0, 0.05) is 26.7 Å². The van der Waals surface area contributed by atoms with Crippen molar-refractivity contribution in [3.63, 3.8) is 0 Å². The Kier molecular flexibility index (Phi) is 4.22. The van der Waals surface area contributed by atoms with Crippen LogP contribution in [0.15, 0.2) is 28.1 Å². The zero-order valence-corrected chi connectivity index (χ0v) is 16.8. The smallest absolute Gasteiger partial charge is 0.258 e. The van der Waals surface area contributed by atoms with E-state index in [4.69, 9.17) is 14.5 Å². The Morgan fingerprint density at radius 3 is 2.96 bits per heavy atom. The van der Waals surface area contributed by atoms with Gasteiger partial charge in [0.1, 0.15) is 0 Å². The van der Waals surface area contributed by atoms with Crippen molar-refractivity contribution in [1.29, 1.82) is 0 Å². The molecule has 0 amide bonds. The molecule has 1 fully saturated rings. The predicted molar refractivity (Wildman–Crippen MR) is 108 cm³/mol. The number of piperazine rings is 1. The molecular weight excluding hydrogens is 374 g/mol. The lowest BCUT2D eigenvalue weighted by atomic mass is 10.1. The van der Waals surface area contributed by atoms with Gasteiger partial charge in [-0.05, 0) is 31.5 Å². The maximum absolute atomic E-state index is 5.72. The highest BCUT2D eigenvalue weighted by molar-refractivity contribution is 7.13. The number of likely N-dealkylation sites (N-methyl/N-ethyl adjacent to an activating group) is 1. The molecule has 4 aromatic heterocycles. The number of aromatic nitrogens is 5. The molecule has 1 saturated heterocycles. The monoisotopic (exact) mass is 395 g/mol. The van der Waals surface area contributed by atoms with E-state index < -0.39 is 0 Å². The Morgan fingerprint density at radius 2 is 2.18 bits per heavy atom. The summed E-state index contributed by atoms with van der Waals surface area (Å²) < 4.78 is 7.53. The van der Waals surface area contributed by atoms with Crippen LogP contribution >= 0.6 is 11.3 Å². The zero-order chi connectivity index (χ0) is 19.3. The molecule has 144 valence electrons. The number of nitrogens with one attached hydrogen (secondary N) is 1. The second kappa shape index (κ2) is 6.77. The number of aryl methyl sites for hydroxylation is 2. The van der Waals surface area contributed by atoms with Crippen LogP contribution in [0.25, 0.3) is 33.1 Å². The minimum Gasteiger partial charge on any atom is -0.334 e. The molecule has 8 nitrogen and oxygen atoms in total. The summed E-state index contributed by atoms with van der Waals surface area (Å²) in [6.45, 7) is 4.72. The number of hydrogen-bond acceptors (Lipinski definition) is 8. The van der Waals surface area contributed by atoms with Crippen LogP contribution in [-0.2, 0) is 7.05 Å². The van der Waals surface area contributed by atoms with Gasteiger partial charge in [-0.25, -0.2) is 4.98 Å². The highest BCUT2D eigenvalue weighted by atomic mass is 32.1. The normalized spacial score (nSPS) is 18.2. The topological polar surface area (TPSA) is 84.9 Å². The fourth-order valence-electron chi connectivity index (χ4n) is 3.74. The summed E-state index contributed by atoms with van der Waals surface area (Å²) in [5.41, 5.74) is 3.48. The standard InChI is InChI=1S/C19H21N7OS/c1-11-16-12(19-22-17(24-27-19)14-10-20-6-7-25(14)2)9-13(15-5-4-8-28-15)21-18(16)26(3)23-11/h4-5,8-9,14,20H,6-7,10H2,1-3H3. The molecule has 0 saturated carbocycles. The van der Waals surface area contributed by atoms with Gasteiger partial charge in [-0.15, -0.1) is 11.3 Å². The molecule has 28 heavy (non-hydrogen) atoms. The van der Waals surface area contributed by atoms with Crippen molar-refractivity contribution in [2.45, 2.75) is 13.0 Å². The highest BCUT2D eigenvalue weighted by Crippen LogP contribution is 2.34. The van der Waals surface area contributed by atoms with Crippen LogP contribution in [0.4, 0.5) is 0 Å². The molecule has 0 radical (unpaired) electrons. The van der Waals surface area contributed by atoms with Gasteiger partial charge in [0.2, 0.25) is 0 Å². The zero-order valence-electron chi connectivity index (χ0n) is 16.0. The minimum absolute atomic E-state index is 0.107. The molecule has 4 aromatic rings. The molecule has 1 unspecified atom stereocenters. The van der Waals surface area contributed by atoms with Crippen molar-refractivity contribution in [1.82, 2.24) is 35.1 Å². The Morgan fingerprint density at radius 1 is 1.29 bits per heavy atom. The van der Waals surface area contributed by atoms with Gasteiger partial charge >= 0.3 is 0 Å². The average molecular weight is 395 g/mol. The number of fused-ring (bicyclic) bond motifs is 1. The molecule has 0 aromatic carbocycles. The van der Waals surface area contributed by atoms with E-state index >= 15 is 0 Å². The summed E-state index contributed by atoms with van der Waals surface area (Å²) in [4.78, 5) is 12.9. The maximum Gasteiger partial charge on any atom is 0.258 e. The van der Waals surface area contributed by atoms with Crippen LogP contribution < -0.4 is 5.32 Å². The van der Waals surface area contributed by atoms with Crippen LogP contribution in [-0.4, -0.2) is 56.5 Å². The van der Waals surface area contributed by atoms with Crippen molar-refractivity contribution in [3.05, 3.63) is 35.1 Å². The summed E-state index contributed by atoms with van der Waals surface area (Å²) in [5, 5.41) is 15.2. The molecule has 9 heteroatoms. The largest absolute Gasteiger partial charge is 0.334 e. The van der Waals surface area contributed by atoms with Crippen LogP contribution in [0.1, 0.15) is 17.6 Å². The second-order valence-electron chi connectivity index (χ2n) is 7.10. The molecule has 1 N–H and O–H groups in total. The Bertz CT molecular complexity index is 1130. The van der Waals surface area contributed by atoms with Gasteiger partial charge in [-0.3, -0.25) is 9.58 Å². The third-order valence-corrected chi connectivity index (χ3v) is 6.12. The van der Waals surface area contributed by atoms with Gasteiger partial charge < -0.3 is 9.84 Å². The minimum atomic E-state index is 0.107. The van der Waals surface area contributed by atoms with Crippen LogP contribution in [0, 0.1) is 6.92 Å². The number of rotatable bonds is 3. The van der Waals surface area contributed by atoms with E-state index in [0.29, 0.717) is 11.7 Å². The van der Waals surface area contributed by atoms with Crippen molar-refractivity contribution in [3.8, 4) is 22.0 Å². The number of hydrogen-bond donors (Lipinski definition) is 1. The highest BCUT2D eigenvalue weighted by Gasteiger charge is 2.27. The van der Waals surface area contributed by atoms with E-state index in [0.717, 1.165) is 52.5 Å². The van der Waals surface area contributed by atoms with Crippen LogP contribution in [0.5, 0.6) is 0 Å². The van der Waals surface area contributed by atoms with E-state index in [2.05, 4.69) is 33.6 Å². The molecule has 5 heterocycles. The van der Waals surface area contributed by atoms with Gasteiger partial charge in [0.25, 0.3) is 5.89 Å². The fourth-order valence-corrected chi connectivity index (χ4v) is 4.42. The molecular formula is C19H21N7OS. The molecule has 0 bridgehead atoms. The Balaban J connectivity index is 1.66. The molecule has 1 aliphatic rings. The first-order valence-electron chi connectivity index (χ1n) is 9.25. The number of nitrogens with zero attached hydrogens (tertiary/aromatic N) is 6. The fraction of sp³-hybridized carbons (Fsp3) is 0.368. The SMILES string of the molecule is Cc1nn(C)c2nc(-c3cccs3)cc(-c3nc(C4CNCCN4C)no3)c12. The summed E-state index contributed by atoms with van der Waals surface area (Å²) in [6.07, 6.45) is 0. The van der Waals surface area contributed by atoms with E-state index in [1.165, 1.54) is 0 Å². The van der Waals surface area contributed by atoms with Crippen molar-refractivity contribution in [2.24, 2.45) is 7.05 Å². The first-order valence-corrected chi connectivity index (χ1v) is 10.1. The second-order valence-corrected chi connectivity index (χ2v) is 8.05. The number of thiophene rings is 1. The molecule has 1 aliphatic heterocycles. The lowest BCUT2D eigenvalue weighted by Crippen LogP contribution is -2.44. The van der Waals surface area contributed by atoms with E-state index in [1.807, 2.05) is 31.5 Å². The van der Waals surface area contributed by atoms with E-state index in [1.54, 1.807) is 16.0 Å². The molecule has 1 atom stereocenters. The van der Waals surface area contributed by atoms with Crippen LogP contribution in [0.2, 0.25) is 0 Å². The lowest BCUT2D eigenvalue weighted by Gasteiger charge is -2.30. The van der Waals surface area contributed by atoms with Gasteiger partial charge in [-0.2, -0.15) is 10.1 Å². The Labute approximate surface area is 166 Å². The summed E-state index contributed by atoms with van der Waals surface area (Å²) >= 11 is 1.66.